The molecular weight excluding hydrogens is 320 g/mol. The van der Waals surface area contributed by atoms with E-state index in [1.165, 1.54) is 0 Å². The second-order valence-corrected chi connectivity index (χ2v) is 7.74. The molecule has 3 aromatic rings. The van der Waals surface area contributed by atoms with Crippen molar-refractivity contribution in [1.29, 1.82) is 0 Å². The number of phenolic OH excluding ortho intramolecular Hbond substituents is 1. The molecule has 0 spiro atoms. The van der Waals surface area contributed by atoms with Gasteiger partial charge >= 0.3 is 0 Å². The van der Waals surface area contributed by atoms with Gasteiger partial charge in [-0.2, -0.15) is 0 Å². The Morgan fingerprint density at radius 1 is 0.792 bits per heavy atom. The van der Waals surface area contributed by atoms with Crippen LogP contribution in [0.2, 0.25) is 0 Å². The van der Waals surface area contributed by atoms with E-state index in [4.69, 9.17) is 0 Å². The Hall–Kier alpha value is -2.59. The van der Waals surface area contributed by atoms with Gasteiger partial charge < -0.3 is 5.11 Å². The molecule has 0 aliphatic rings. The quantitative estimate of drug-likeness (QED) is 0.761. The van der Waals surface area contributed by atoms with Crippen LogP contribution in [0, 0.1) is 0 Å². The van der Waals surface area contributed by atoms with Crippen LogP contribution in [0.5, 0.6) is 5.75 Å². The number of hydrogen-bond acceptors (Lipinski definition) is 3. The molecule has 0 heterocycles. The fourth-order valence-electron chi connectivity index (χ4n) is 2.68. The van der Waals surface area contributed by atoms with Crippen molar-refractivity contribution in [2.45, 2.75) is 11.8 Å². The maximum absolute atomic E-state index is 12.6. The van der Waals surface area contributed by atoms with Gasteiger partial charge in [-0.05, 0) is 23.3 Å². The van der Waals surface area contributed by atoms with Crippen molar-refractivity contribution in [2.24, 2.45) is 0 Å². The van der Waals surface area contributed by atoms with Gasteiger partial charge in [0.05, 0.1) is 10.6 Å². The Kier molecular flexibility index (Phi) is 4.40. The molecule has 0 saturated heterocycles. The molecule has 0 unspecified atom stereocenters. The van der Waals surface area contributed by atoms with Crippen molar-refractivity contribution in [2.75, 3.05) is 5.75 Å². The summed E-state index contributed by atoms with van der Waals surface area (Å²) >= 11 is 0. The third-order valence-electron chi connectivity index (χ3n) is 4.00. The van der Waals surface area contributed by atoms with E-state index in [0.717, 1.165) is 5.56 Å². The third kappa shape index (κ3) is 3.05. The Morgan fingerprint density at radius 2 is 1.46 bits per heavy atom. The molecule has 3 nitrogen and oxygen atoms in total. The summed E-state index contributed by atoms with van der Waals surface area (Å²) in [7, 11) is -3.40. The first-order valence-corrected chi connectivity index (χ1v) is 9.39. The van der Waals surface area contributed by atoms with Gasteiger partial charge in [0.15, 0.2) is 9.84 Å². The van der Waals surface area contributed by atoms with Crippen molar-refractivity contribution in [3.8, 4) is 28.0 Å². The second-order valence-electron chi connectivity index (χ2n) is 5.50. The van der Waals surface area contributed by atoms with Crippen molar-refractivity contribution in [1.82, 2.24) is 0 Å². The van der Waals surface area contributed by atoms with Crippen molar-refractivity contribution in [3.63, 3.8) is 0 Å². The van der Waals surface area contributed by atoms with Gasteiger partial charge in [-0.15, -0.1) is 0 Å². The fraction of sp³-hybridized carbons (Fsp3) is 0.100. The molecule has 0 atom stereocenters. The minimum absolute atomic E-state index is 0.0249. The lowest BCUT2D eigenvalue weighted by molar-refractivity contribution is 0.477. The number of hydrogen-bond donors (Lipinski definition) is 1. The highest BCUT2D eigenvalue weighted by atomic mass is 32.2. The molecule has 3 rings (SSSR count). The molecule has 0 bridgehead atoms. The Labute approximate surface area is 142 Å². The van der Waals surface area contributed by atoms with Crippen LogP contribution < -0.4 is 0 Å². The van der Waals surface area contributed by atoms with Gasteiger partial charge in [-0.3, -0.25) is 0 Å². The minimum atomic E-state index is -3.40. The van der Waals surface area contributed by atoms with Crippen LogP contribution in [0.4, 0.5) is 0 Å². The second kappa shape index (κ2) is 6.49. The molecule has 0 aliphatic heterocycles. The minimum Gasteiger partial charge on any atom is -0.507 e. The van der Waals surface area contributed by atoms with Gasteiger partial charge in [0.25, 0.3) is 0 Å². The average molecular weight is 338 g/mol. The summed E-state index contributed by atoms with van der Waals surface area (Å²) in [6.45, 7) is 1.64. The molecule has 24 heavy (non-hydrogen) atoms. The molecule has 1 N–H and O–H groups in total. The standard InChI is InChI=1S/C20H18O3S/c1-2-24(22,23)20-14-16(17-10-6-7-11-19(17)21)12-13-18(20)15-8-4-3-5-9-15/h3-14,21H,2H2,1H3. The highest BCUT2D eigenvalue weighted by Crippen LogP contribution is 2.35. The zero-order valence-electron chi connectivity index (χ0n) is 13.3. The van der Waals surface area contributed by atoms with Gasteiger partial charge in [0.2, 0.25) is 0 Å². The number of phenols is 1. The van der Waals surface area contributed by atoms with Crippen LogP contribution in [0.1, 0.15) is 6.92 Å². The van der Waals surface area contributed by atoms with Gasteiger partial charge in [0.1, 0.15) is 5.75 Å². The molecule has 0 aromatic heterocycles. The maximum Gasteiger partial charge on any atom is 0.178 e. The number of sulfone groups is 1. The Morgan fingerprint density at radius 3 is 2.12 bits per heavy atom. The molecular formula is C20H18O3S. The van der Waals surface area contributed by atoms with Crippen molar-refractivity contribution >= 4 is 9.84 Å². The van der Waals surface area contributed by atoms with E-state index in [9.17, 15) is 13.5 Å². The van der Waals surface area contributed by atoms with E-state index < -0.39 is 9.84 Å². The molecule has 4 heteroatoms. The topological polar surface area (TPSA) is 54.4 Å². The normalized spacial score (nSPS) is 11.4. The summed E-state index contributed by atoms with van der Waals surface area (Å²) in [5.41, 5.74) is 2.83. The van der Waals surface area contributed by atoms with E-state index >= 15 is 0 Å². The van der Waals surface area contributed by atoms with Crippen LogP contribution in [0.3, 0.4) is 0 Å². The van der Waals surface area contributed by atoms with E-state index in [1.807, 2.05) is 42.5 Å². The predicted molar refractivity (Wildman–Crippen MR) is 96.7 cm³/mol. The van der Waals surface area contributed by atoms with Gasteiger partial charge in [0, 0.05) is 11.1 Å². The molecule has 0 amide bonds. The van der Waals surface area contributed by atoms with E-state index in [-0.39, 0.29) is 16.4 Å². The van der Waals surface area contributed by atoms with Crippen LogP contribution >= 0.6 is 0 Å². The Bertz CT molecular complexity index is 961. The average Bonchev–Trinajstić information content (AvgIpc) is 2.62. The lowest BCUT2D eigenvalue weighted by Gasteiger charge is -2.13. The third-order valence-corrected chi connectivity index (χ3v) is 5.76. The largest absolute Gasteiger partial charge is 0.507 e. The summed E-state index contributed by atoms with van der Waals surface area (Å²) in [6, 6.07) is 21.7. The number of aromatic hydroxyl groups is 1. The summed E-state index contributed by atoms with van der Waals surface area (Å²) < 4.78 is 25.2. The number of para-hydroxylation sites is 1. The van der Waals surface area contributed by atoms with Gasteiger partial charge in [-0.25, -0.2) is 8.42 Å². The summed E-state index contributed by atoms with van der Waals surface area (Å²) in [4.78, 5) is 0.289. The Balaban J connectivity index is 2.25. The molecule has 0 aliphatic carbocycles. The van der Waals surface area contributed by atoms with Gasteiger partial charge in [-0.1, -0.05) is 67.6 Å². The lowest BCUT2D eigenvalue weighted by atomic mass is 9.99. The van der Waals surface area contributed by atoms with Crippen LogP contribution in [-0.4, -0.2) is 19.3 Å². The van der Waals surface area contributed by atoms with Crippen LogP contribution in [0.25, 0.3) is 22.3 Å². The summed E-state index contributed by atoms with van der Waals surface area (Å²) in [6.07, 6.45) is 0. The maximum atomic E-state index is 12.6. The smallest absolute Gasteiger partial charge is 0.178 e. The molecule has 122 valence electrons. The zero-order chi connectivity index (χ0) is 17.2. The summed E-state index contributed by atoms with van der Waals surface area (Å²) in [5.74, 6) is 0.154. The lowest BCUT2D eigenvalue weighted by Crippen LogP contribution is -2.06. The molecule has 0 fully saturated rings. The monoisotopic (exact) mass is 338 g/mol. The number of rotatable bonds is 4. The molecule has 0 radical (unpaired) electrons. The first kappa shape index (κ1) is 16.3. The summed E-state index contributed by atoms with van der Waals surface area (Å²) in [5, 5.41) is 10.1. The first-order chi connectivity index (χ1) is 11.5. The predicted octanol–water partition coefficient (Wildman–Crippen LogP) is 4.52. The highest BCUT2D eigenvalue weighted by Gasteiger charge is 2.19. The SMILES string of the molecule is CCS(=O)(=O)c1cc(-c2ccccc2O)ccc1-c1ccccc1. The fourth-order valence-corrected chi connectivity index (χ4v) is 3.82. The van der Waals surface area contributed by atoms with E-state index in [2.05, 4.69) is 0 Å². The first-order valence-electron chi connectivity index (χ1n) is 7.73. The van der Waals surface area contributed by atoms with E-state index in [0.29, 0.717) is 16.7 Å². The molecule has 3 aromatic carbocycles. The number of benzene rings is 3. The zero-order valence-corrected chi connectivity index (χ0v) is 14.1. The van der Waals surface area contributed by atoms with Crippen LogP contribution in [-0.2, 0) is 9.84 Å². The molecule has 0 saturated carbocycles. The van der Waals surface area contributed by atoms with Crippen molar-refractivity contribution < 1.29 is 13.5 Å². The highest BCUT2D eigenvalue weighted by molar-refractivity contribution is 7.91. The van der Waals surface area contributed by atoms with E-state index in [1.54, 1.807) is 37.3 Å². The van der Waals surface area contributed by atoms with Crippen LogP contribution in [0.15, 0.2) is 77.7 Å². The van der Waals surface area contributed by atoms with Crippen molar-refractivity contribution in [3.05, 3.63) is 72.8 Å².